The second-order valence-corrected chi connectivity index (χ2v) is 4.07. The summed E-state index contributed by atoms with van der Waals surface area (Å²) >= 11 is 0. The van der Waals surface area contributed by atoms with Crippen LogP contribution in [-0.2, 0) is 11.2 Å². The van der Waals surface area contributed by atoms with Crippen molar-refractivity contribution in [1.82, 2.24) is 5.32 Å². The number of hydrogen-bond acceptors (Lipinski definition) is 3. The first-order valence-electron chi connectivity index (χ1n) is 5.61. The Kier molecular flexibility index (Phi) is 4.97. The van der Waals surface area contributed by atoms with E-state index in [1.165, 1.54) is 11.1 Å². The highest BCUT2D eigenvalue weighted by atomic mass is 16.5. The second kappa shape index (κ2) is 6.25. The Morgan fingerprint density at radius 3 is 2.59 bits per heavy atom. The lowest BCUT2D eigenvalue weighted by atomic mass is 10.0. The summed E-state index contributed by atoms with van der Waals surface area (Å²) in [4.78, 5) is 10.3. The van der Waals surface area contributed by atoms with Gasteiger partial charge in [-0.1, -0.05) is 6.07 Å². The number of methoxy groups -OCH3 is 1. The molecule has 0 heterocycles. The van der Waals surface area contributed by atoms with Crippen LogP contribution in [0.1, 0.15) is 16.7 Å². The fourth-order valence-electron chi connectivity index (χ4n) is 1.65. The molecule has 0 saturated carbocycles. The predicted octanol–water partition coefficient (Wildman–Crippen LogP) is 1.53. The average Bonchev–Trinajstić information content (AvgIpc) is 2.28. The first-order chi connectivity index (χ1) is 8.04. The van der Waals surface area contributed by atoms with Crippen molar-refractivity contribution in [2.24, 2.45) is 0 Å². The molecule has 0 saturated heterocycles. The van der Waals surface area contributed by atoms with E-state index in [0.717, 1.165) is 17.7 Å². The van der Waals surface area contributed by atoms with Gasteiger partial charge in [0.2, 0.25) is 0 Å². The fourth-order valence-corrected chi connectivity index (χ4v) is 1.65. The molecule has 2 N–H and O–H groups in total. The summed E-state index contributed by atoms with van der Waals surface area (Å²) in [6.45, 7) is 4.73. The van der Waals surface area contributed by atoms with E-state index < -0.39 is 5.97 Å². The minimum atomic E-state index is -0.836. The molecule has 0 aliphatic carbocycles. The Morgan fingerprint density at radius 1 is 1.35 bits per heavy atom. The third-order valence-electron chi connectivity index (χ3n) is 2.74. The number of carboxylic acid groups (broad SMARTS) is 1. The maximum Gasteiger partial charge on any atom is 0.317 e. The van der Waals surface area contributed by atoms with Gasteiger partial charge in [0.25, 0.3) is 0 Å². The number of aryl methyl sites for hydroxylation is 2. The van der Waals surface area contributed by atoms with Crippen molar-refractivity contribution < 1.29 is 14.6 Å². The number of nitrogens with one attached hydrogen (secondary N) is 1. The fraction of sp³-hybridized carbons (Fsp3) is 0.462. The van der Waals surface area contributed by atoms with Gasteiger partial charge < -0.3 is 15.2 Å². The summed E-state index contributed by atoms with van der Waals surface area (Å²) < 4.78 is 5.32. The van der Waals surface area contributed by atoms with Crippen LogP contribution >= 0.6 is 0 Å². The first-order valence-corrected chi connectivity index (χ1v) is 5.61. The lowest BCUT2D eigenvalue weighted by Crippen LogP contribution is -2.24. The molecule has 0 aromatic heterocycles. The number of carbonyl (C=O) groups is 1. The van der Waals surface area contributed by atoms with Crippen LogP contribution in [0.2, 0.25) is 0 Å². The molecule has 4 nitrogen and oxygen atoms in total. The van der Waals surface area contributed by atoms with Crippen molar-refractivity contribution >= 4 is 5.97 Å². The van der Waals surface area contributed by atoms with Crippen molar-refractivity contribution in [3.63, 3.8) is 0 Å². The zero-order valence-electron chi connectivity index (χ0n) is 10.5. The Hall–Kier alpha value is -1.55. The Labute approximate surface area is 102 Å². The highest BCUT2D eigenvalue weighted by Crippen LogP contribution is 2.23. The summed E-state index contributed by atoms with van der Waals surface area (Å²) in [5.74, 6) is 0.0299. The van der Waals surface area contributed by atoms with Crippen LogP contribution in [0.15, 0.2) is 12.1 Å². The van der Waals surface area contributed by atoms with Gasteiger partial charge in [0.15, 0.2) is 0 Å². The van der Waals surface area contributed by atoms with Gasteiger partial charge in [0, 0.05) is 0 Å². The molecular formula is C13H19NO3. The number of aliphatic carboxylic acids is 1. The van der Waals surface area contributed by atoms with E-state index in [4.69, 9.17) is 9.84 Å². The third-order valence-corrected chi connectivity index (χ3v) is 2.74. The van der Waals surface area contributed by atoms with Gasteiger partial charge in [-0.15, -0.1) is 0 Å². The lowest BCUT2D eigenvalue weighted by molar-refractivity contribution is -0.135. The van der Waals surface area contributed by atoms with Crippen LogP contribution in [0.4, 0.5) is 0 Å². The van der Waals surface area contributed by atoms with E-state index in [1.807, 2.05) is 13.0 Å². The Bertz CT molecular complexity index is 402. The summed E-state index contributed by atoms with van der Waals surface area (Å²) in [5, 5.41) is 11.4. The van der Waals surface area contributed by atoms with Crippen molar-refractivity contribution in [1.29, 1.82) is 0 Å². The number of benzene rings is 1. The summed E-state index contributed by atoms with van der Waals surface area (Å²) in [7, 11) is 1.65. The van der Waals surface area contributed by atoms with E-state index in [2.05, 4.69) is 18.3 Å². The Morgan fingerprint density at radius 2 is 2.00 bits per heavy atom. The minimum absolute atomic E-state index is 0.00679. The van der Waals surface area contributed by atoms with Crippen molar-refractivity contribution in [2.75, 3.05) is 20.2 Å². The molecule has 0 atom stereocenters. The van der Waals surface area contributed by atoms with Crippen LogP contribution in [0.3, 0.4) is 0 Å². The molecule has 0 amide bonds. The standard InChI is InChI=1S/C13H19NO3/c1-9-6-11(4-5-14-8-13(15)16)12(17-3)7-10(9)2/h6-7,14H,4-5,8H2,1-3H3,(H,15,16). The first kappa shape index (κ1) is 13.5. The maximum absolute atomic E-state index is 10.3. The largest absolute Gasteiger partial charge is 0.496 e. The van der Waals surface area contributed by atoms with Crippen LogP contribution in [0.5, 0.6) is 5.75 Å². The topological polar surface area (TPSA) is 58.6 Å². The van der Waals surface area contributed by atoms with Crippen molar-refractivity contribution in [3.8, 4) is 5.75 Å². The van der Waals surface area contributed by atoms with Gasteiger partial charge in [-0.25, -0.2) is 0 Å². The van der Waals surface area contributed by atoms with Crippen LogP contribution in [0, 0.1) is 13.8 Å². The quantitative estimate of drug-likeness (QED) is 0.737. The Balaban J connectivity index is 2.63. The molecule has 0 aliphatic rings. The monoisotopic (exact) mass is 237 g/mol. The van der Waals surface area contributed by atoms with Crippen LogP contribution < -0.4 is 10.1 Å². The predicted molar refractivity (Wildman–Crippen MR) is 66.7 cm³/mol. The van der Waals surface area contributed by atoms with E-state index in [0.29, 0.717) is 6.54 Å². The number of carboxylic acids is 1. The summed E-state index contributed by atoms with van der Waals surface area (Å²) in [5.41, 5.74) is 3.52. The lowest BCUT2D eigenvalue weighted by Gasteiger charge is -2.11. The molecule has 1 aromatic rings. The normalized spacial score (nSPS) is 10.3. The van der Waals surface area contributed by atoms with Crippen LogP contribution in [-0.4, -0.2) is 31.3 Å². The molecule has 1 rings (SSSR count). The van der Waals surface area contributed by atoms with Crippen molar-refractivity contribution in [2.45, 2.75) is 20.3 Å². The molecule has 17 heavy (non-hydrogen) atoms. The van der Waals surface area contributed by atoms with Gasteiger partial charge >= 0.3 is 5.97 Å². The molecule has 1 aromatic carbocycles. The van der Waals surface area contributed by atoms with E-state index in [-0.39, 0.29) is 6.54 Å². The molecule has 0 fully saturated rings. The maximum atomic E-state index is 10.3. The molecule has 0 unspecified atom stereocenters. The van der Waals surface area contributed by atoms with E-state index in [1.54, 1.807) is 7.11 Å². The molecule has 94 valence electrons. The number of hydrogen-bond donors (Lipinski definition) is 2. The average molecular weight is 237 g/mol. The van der Waals surface area contributed by atoms with Gasteiger partial charge in [0.1, 0.15) is 5.75 Å². The number of rotatable bonds is 6. The highest BCUT2D eigenvalue weighted by Gasteiger charge is 2.06. The SMILES string of the molecule is COc1cc(C)c(C)cc1CCNCC(=O)O. The van der Waals surface area contributed by atoms with Gasteiger partial charge in [-0.05, 0) is 49.6 Å². The van der Waals surface area contributed by atoms with Gasteiger partial charge in [0.05, 0.1) is 13.7 Å². The number of ether oxygens (including phenoxy) is 1. The van der Waals surface area contributed by atoms with E-state index in [9.17, 15) is 4.79 Å². The molecule has 4 heteroatoms. The minimum Gasteiger partial charge on any atom is -0.496 e. The molecule has 0 aliphatic heterocycles. The molecule has 0 spiro atoms. The van der Waals surface area contributed by atoms with Crippen molar-refractivity contribution in [3.05, 3.63) is 28.8 Å². The van der Waals surface area contributed by atoms with Crippen LogP contribution in [0.25, 0.3) is 0 Å². The molecule has 0 bridgehead atoms. The summed E-state index contributed by atoms with van der Waals surface area (Å²) in [6.07, 6.45) is 0.761. The zero-order valence-corrected chi connectivity index (χ0v) is 10.5. The molecular weight excluding hydrogens is 218 g/mol. The third kappa shape index (κ3) is 4.07. The van der Waals surface area contributed by atoms with Gasteiger partial charge in [-0.3, -0.25) is 4.79 Å². The summed E-state index contributed by atoms with van der Waals surface area (Å²) in [6, 6.07) is 4.11. The highest BCUT2D eigenvalue weighted by molar-refractivity contribution is 5.68. The zero-order chi connectivity index (χ0) is 12.8. The molecule has 0 radical (unpaired) electrons. The van der Waals surface area contributed by atoms with E-state index >= 15 is 0 Å². The van der Waals surface area contributed by atoms with Gasteiger partial charge in [-0.2, -0.15) is 0 Å². The smallest absolute Gasteiger partial charge is 0.317 e. The second-order valence-electron chi connectivity index (χ2n) is 4.07.